The second-order valence-corrected chi connectivity index (χ2v) is 3.98. The van der Waals surface area contributed by atoms with Crippen LogP contribution >= 0.6 is 0 Å². The molecule has 0 spiro atoms. The highest BCUT2D eigenvalue weighted by Gasteiger charge is 2.19. The molecule has 0 saturated carbocycles. The quantitative estimate of drug-likeness (QED) is 0.644. The maximum atomic E-state index is 13.6. The molecule has 0 amide bonds. The predicted octanol–water partition coefficient (Wildman–Crippen LogP) is 2.55. The van der Waals surface area contributed by atoms with Crippen LogP contribution in [0.15, 0.2) is 48.5 Å². The molecule has 19 heavy (non-hydrogen) atoms. The molecule has 3 nitrogen and oxygen atoms in total. The molecule has 2 rings (SSSR count). The van der Waals surface area contributed by atoms with Crippen molar-refractivity contribution in [1.82, 2.24) is 5.43 Å². The Kier molecular flexibility index (Phi) is 4.43. The molecule has 0 aliphatic carbocycles. The zero-order valence-electron chi connectivity index (χ0n) is 10.1. The van der Waals surface area contributed by atoms with Gasteiger partial charge in [0.05, 0.1) is 6.04 Å². The van der Waals surface area contributed by atoms with Crippen molar-refractivity contribution in [3.8, 4) is 5.75 Å². The lowest BCUT2D eigenvalue weighted by molar-refractivity contribution is 0.260. The van der Waals surface area contributed by atoms with Gasteiger partial charge in [0.25, 0.3) is 0 Å². The van der Waals surface area contributed by atoms with Crippen LogP contribution in [0.3, 0.4) is 0 Å². The first kappa shape index (κ1) is 13.5. The van der Waals surface area contributed by atoms with Crippen LogP contribution in [0.4, 0.5) is 8.78 Å². The Hall–Kier alpha value is -1.98. The minimum atomic E-state index is -0.763. The number of ether oxygens (including phenoxy) is 1. The van der Waals surface area contributed by atoms with Gasteiger partial charge in [0.15, 0.2) is 0 Å². The first-order valence-corrected chi connectivity index (χ1v) is 5.80. The van der Waals surface area contributed by atoms with Gasteiger partial charge in [-0.2, -0.15) is 0 Å². The number of halogens is 2. The zero-order valence-corrected chi connectivity index (χ0v) is 10.1. The number of benzene rings is 2. The van der Waals surface area contributed by atoms with Gasteiger partial charge >= 0.3 is 0 Å². The largest absolute Gasteiger partial charge is 0.492 e. The summed E-state index contributed by atoms with van der Waals surface area (Å²) in [5, 5.41) is 0. The third-order valence-corrected chi connectivity index (χ3v) is 2.71. The van der Waals surface area contributed by atoms with Crippen LogP contribution in [0, 0.1) is 11.6 Å². The normalized spacial score (nSPS) is 12.2. The highest BCUT2D eigenvalue weighted by molar-refractivity contribution is 5.25. The van der Waals surface area contributed by atoms with Crippen LogP contribution in [0.2, 0.25) is 0 Å². The van der Waals surface area contributed by atoms with Crippen LogP contribution in [0.5, 0.6) is 5.75 Å². The monoisotopic (exact) mass is 264 g/mol. The van der Waals surface area contributed by atoms with Gasteiger partial charge < -0.3 is 4.74 Å². The van der Waals surface area contributed by atoms with Gasteiger partial charge in [-0.25, -0.2) is 14.2 Å². The Morgan fingerprint density at radius 1 is 1.00 bits per heavy atom. The van der Waals surface area contributed by atoms with E-state index < -0.39 is 17.7 Å². The SMILES string of the molecule is NNC(COc1ccccc1)c1c(F)cccc1F. The molecule has 0 fully saturated rings. The van der Waals surface area contributed by atoms with Crippen LogP contribution < -0.4 is 16.0 Å². The van der Waals surface area contributed by atoms with Gasteiger partial charge in [-0.3, -0.25) is 5.84 Å². The fourth-order valence-corrected chi connectivity index (χ4v) is 1.75. The van der Waals surface area contributed by atoms with Crippen molar-refractivity contribution in [2.24, 2.45) is 5.84 Å². The maximum Gasteiger partial charge on any atom is 0.131 e. The molecule has 0 aliphatic rings. The Bertz CT molecular complexity index is 514. The molecule has 5 heteroatoms. The van der Waals surface area contributed by atoms with Crippen molar-refractivity contribution in [3.05, 3.63) is 65.7 Å². The van der Waals surface area contributed by atoms with Crippen molar-refractivity contribution in [2.75, 3.05) is 6.61 Å². The van der Waals surface area contributed by atoms with Crippen LogP contribution in [0.25, 0.3) is 0 Å². The van der Waals surface area contributed by atoms with E-state index in [-0.39, 0.29) is 12.2 Å². The molecule has 0 heterocycles. The third kappa shape index (κ3) is 3.27. The smallest absolute Gasteiger partial charge is 0.131 e. The molecule has 1 atom stereocenters. The van der Waals surface area contributed by atoms with Crippen molar-refractivity contribution in [3.63, 3.8) is 0 Å². The van der Waals surface area contributed by atoms with Crippen molar-refractivity contribution in [2.45, 2.75) is 6.04 Å². The minimum absolute atomic E-state index is 0.0262. The molecule has 0 aliphatic heterocycles. The van der Waals surface area contributed by atoms with E-state index in [4.69, 9.17) is 10.6 Å². The number of nitrogens with one attached hydrogen (secondary N) is 1. The fraction of sp³-hybridized carbons (Fsp3) is 0.143. The predicted molar refractivity (Wildman–Crippen MR) is 68.4 cm³/mol. The van der Waals surface area contributed by atoms with Crippen molar-refractivity contribution >= 4 is 0 Å². The first-order chi connectivity index (χ1) is 9.22. The van der Waals surface area contributed by atoms with Gasteiger partial charge in [0.1, 0.15) is 24.0 Å². The van der Waals surface area contributed by atoms with Crippen LogP contribution in [-0.2, 0) is 0 Å². The van der Waals surface area contributed by atoms with Gasteiger partial charge in [0.2, 0.25) is 0 Å². The maximum absolute atomic E-state index is 13.6. The van der Waals surface area contributed by atoms with Gasteiger partial charge in [-0.1, -0.05) is 24.3 Å². The fourth-order valence-electron chi connectivity index (χ4n) is 1.75. The molecule has 0 saturated heterocycles. The number of hydrogen-bond donors (Lipinski definition) is 2. The van der Waals surface area contributed by atoms with Crippen LogP contribution in [-0.4, -0.2) is 6.61 Å². The molecular formula is C14H14F2N2O. The van der Waals surface area contributed by atoms with E-state index in [1.54, 1.807) is 12.1 Å². The number of para-hydroxylation sites is 1. The molecule has 0 bridgehead atoms. The summed E-state index contributed by atoms with van der Waals surface area (Å²) in [6, 6.07) is 11.9. The summed E-state index contributed by atoms with van der Waals surface area (Å²) in [5.74, 6) is 4.65. The molecule has 0 aromatic heterocycles. The Morgan fingerprint density at radius 3 is 2.21 bits per heavy atom. The summed E-state index contributed by atoms with van der Waals surface area (Å²) >= 11 is 0. The number of nitrogens with two attached hydrogens (primary N) is 1. The Morgan fingerprint density at radius 2 is 1.63 bits per heavy atom. The second kappa shape index (κ2) is 6.26. The van der Waals surface area contributed by atoms with E-state index in [0.717, 1.165) is 0 Å². The Balaban J connectivity index is 2.12. The van der Waals surface area contributed by atoms with E-state index in [2.05, 4.69) is 5.43 Å². The van der Waals surface area contributed by atoms with Crippen molar-refractivity contribution < 1.29 is 13.5 Å². The minimum Gasteiger partial charge on any atom is -0.492 e. The Labute approximate surface area is 110 Å². The zero-order chi connectivity index (χ0) is 13.7. The summed E-state index contributed by atoms with van der Waals surface area (Å²) in [6.07, 6.45) is 0. The van der Waals surface area contributed by atoms with Gasteiger partial charge in [0, 0.05) is 5.56 Å². The average Bonchev–Trinajstić information content (AvgIpc) is 2.43. The average molecular weight is 264 g/mol. The highest BCUT2D eigenvalue weighted by Crippen LogP contribution is 2.21. The van der Waals surface area contributed by atoms with Crippen molar-refractivity contribution in [1.29, 1.82) is 0 Å². The third-order valence-electron chi connectivity index (χ3n) is 2.71. The molecule has 0 radical (unpaired) electrons. The van der Waals surface area contributed by atoms with Crippen LogP contribution in [0.1, 0.15) is 11.6 Å². The summed E-state index contributed by atoms with van der Waals surface area (Å²) in [5.41, 5.74) is 2.24. The molecule has 3 N–H and O–H groups in total. The summed E-state index contributed by atoms with van der Waals surface area (Å²) < 4.78 is 32.7. The summed E-state index contributed by atoms with van der Waals surface area (Å²) in [7, 11) is 0. The lowest BCUT2D eigenvalue weighted by atomic mass is 10.1. The summed E-state index contributed by atoms with van der Waals surface area (Å²) in [4.78, 5) is 0. The van der Waals surface area contributed by atoms with E-state index in [9.17, 15) is 8.78 Å². The topological polar surface area (TPSA) is 47.3 Å². The number of hydrogen-bond acceptors (Lipinski definition) is 3. The molecule has 1 unspecified atom stereocenters. The lowest BCUT2D eigenvalue weighted by Gasteiger charge is -2.18. The number of rotatable bonds is 5. The second-order valence-electron chi connectivity index (χ2n) is 3.98. The molecule has 2 aromatic rings. The van der Waals surface area contributed by atoms with E-state index in [0.29, 0.717) is 5.75 Å². The van der Waals surface area contributed by atoms with E-state index in [1.165, 1.54) is 18.2 Å². The lowest BCUT2D eigenvalue weighted by Crippen LogP contribution is -2.33. The molecular weight excluding hydrogens is 250 g/mol. The van der Waals surface area contributed by atoms with E-state index >= 15 is 0 Å². The summed E-state index contributed by atoms with van der Waals surface area (Å²) in [6.45, 7) is 0.0262. The standard InChI is InChI=1S/C14H14F2N2O/c15-11-7-4-8-12(16)14(11)13(18-17)9-19-10-5-2-1-3-6-10/h1-8,13,18H,9,17H2. The number of hydrazine groups is 1. The van der Waals surface area contributed by atoms with Gasteiger partial charge in [-0.15, -0.1) is 0 Å². The highest BCUT2D eigenvalue weighted by atomic mass is 19.1. The van der Waals surface area contributed by atoms with Gasteiger partial charge in [-0.05, 0) is 24.3 Å². The molecule has 2 aromatic carbocycles. The molecule has 100 valence electrons. The first-order valence-electron chi connectivity index (χ1n) is 5.80. The van der Waals surface area contributed by atoms with E-state index in [1.807, 2.05) is 18.2 Å².